The summed E-state index contributed by atoms with van der Waals surface area (Å²) in [5, 5.41) is 16.3. The lowest BCUT2D eigenvalue weighted by Gasteiger charge is -2.18. The Labute approximate surface area is 166 Å². The number of likely N-dealkylation sites (N-methyl/N-ethyl adjacent to an activating group) is 1. The number of hydrogen-bond donors (Lipinski definition) is 5. The lowest BCUT2D eigenvalue weighted by molar-refractivity contribution is -0.142. The molecule has 28 heavy (non-hydrogen) atoms. The van der Waals surface area contributed by atoms with Crippen LogP contribution in [0, 0.1) is 0 Å². The minimum atomic E-state index is -3.43. The molecular formula is C16H32N4O7S. The topological polar surface area (TPSA) is 171 Å². The number of aliphatic carboxylic acids is 1. The van der Waals surface area contributed by atoms with Gasteiger partial charge in [-0.2, -0.15) is 0 Å². The van der Waals surface area contributed by atoms with Gasteiger partial charge in [0.05, 0.1) is 12.3 Å². The predicted octanol–water partition coefficient (Wildman–Crippen LogP) is -1.06. The van der Waals surface area contributed by atoms with Crippen LogP contribution in [0.15, 0.2) is 0 Å². The molecule has 3 atom stereocenters. The minimum absolute atomic E-state index is 0.303. The summed E-state index contributed by atoms with van der Waals surface area (Å²) < 4.78 is 23.1. The quantitative estimate of drug-likeness (QED) is 0.295. The van der Waals surface area contributed by atoms with Gasteiger partial charge < -0.3 is 21.1 Å². The van der Waals surface area contributed by atoms with Crippen molar-refractivity contribution in [2.24, 2.45) is 0 Å². The molecule has 3 unspecified atom stereocenters. The van der Waals surface area contributed by atoms with E-state index in [9.17, 15) is 27.6 Å². The van der Waals surface area contributed by atoms with E-state index in [2.05, 4.69) is 16.0 Å². The maximum atomic E-state index is 11.6. The maximum absolute atomic E-state index is 11.6. The van der Waals surface area contributed by atoms with Crippen molar-refractivity contribution in [3.8, 4) is 0 Å². The first-order valence-electron chi connectivity index (χ1n) is 8.81. The fourth-order valence-electron chi connectivity index (χ4n) is 1.98. The molecule has 0 spiro atoms. The van der Waals surface area contributed by atoms with Crippen LogP contribution in [0.5, 0.6) is 0 Å². The van der Waals surface area contributed by atoms with Crippen molar-refractivity contribution < 1.29 is 32.7 Å². The van der Waals surface area contributed by atoms with Gasteiger partial charge in [-0.3, -0.25) is 19.1 Å². The van der Waals surface area contributed by atoms with Crippen LogP contribution >= 0.6 is 0 Å². The van der Waals surface area contributed by atoms with Gasteiger partial charge in [-0.25, -0.2) is 13.2 Å². The van der Waals surface area contributed by atoms with Crippen LogP contribution in [0.3, 0.4) is 0 Å². The maximum Gasteiger partial charge on any atom is 0.326 e. The predicted molar refractivity (Wildman–Crippen MR) is 104 cm³/mol. The fraction of sp³-hybridized carbons (Fsp3) is 0.750. The number of amides is 3. The van der Waals surface area contributed by atoms with Crippen LogP contribution in [0.2, 0.25) is 0 Å². The Kier molecular flexibility index (Phi) is 13.9. The van der Waals surface area contributed by atoms with Gasteiger partial charge in [0.1, 0.15) is 12.1 Å². The van der Waals surface area contributed by atoms with Crippen LogP contribution in [0.25, 0.3) is 0 Å². The molecular weight excluding hydrogens is 392 g/mol. The van der Waals surface area contributed by atoms with Crippen LogP contribution in [0.1, 0.15) is 47.0 Å². The molecule has 0 rings (SSSR count). The average molecular weight is 425 g/mol. The zero-order valence-electron chi connectivity index (χ0n) is 17.2. The first-order chi connectivity index (χ1) is 12.8. The number of carboxylic acids is 1. The van der Waals surface area contributed by atoms with Crippen molar-refractivity contribution in [3.05, 3.63) is 0 Å². The second kappa shape index (κ2) is 13.9. The zero-order valence-corrected chi connectivity index (χ0v) is 18.0. The number of carbonyl (C=O) groups is 4. The lowest BCUT2D eigenvalue weighted by Crippen LogP contribution is -2.50. The number of nitrogens with one attached hydrogen (secondary N) is 4. The van der Waals surface area contributed by atoms with Crippen molar-refractivity contribution in [1.82, 2.24) is 20.7 Å². The largest absolute Gasteiger partial charge is 0.480 e. The number of rotatable bonds is 10. The van der Waals surface area contributed by atoms with E-state index < -0.39 is 45.9 Å². The number of hydrogen-bond acceptors (Lipinski definition) is 7. The first kappa shape index (κ1) is 28.0. The van der Waals surface area contributed by atoms with E-state index in [0.717, 1.165) is 6.26 Å². The second-order valence-electron chi connectivity index (χ2n) is 5.96. The molecule has 12 heteroatoms. The van der Waals surface area contributed by atoms with E-state index in [-0.39, 0.29) is 5.91 Å². The summed E-state index contributed by atoms with van der Waals surface area (Å²) in [5.74, 6) is -2.37. The Hall–Kier alpha value is -2.21. The van der Waals surface area contributed by atoms with Gasteiger partial charge in [0, 0.05) is 6.92 Å². The Morgan fingerprint density at radius 2 is 1.32 bits per heavy atom. The smallest absolute Gasteiger partial charge is 0.326 e. The van der Waals surface area contributed by atoms with E-state index in [0.29, 0.717) is 19.3 Å². The summed E-state index contributed by atoms with van der Waals surface area (Å²) in [5.41, 5.74) is 0. The van der Waals surface area contributed by atoms with E-state index in [1.807, 2.05) is 4.72 Å². The highest BCUT2D eigenvalue weighted by atomic mass is 32.2. The average Bonchev–Trinajstić information content (AvgIpc) is 2.56. The van der Waals surface area contributed by atoms with E-state index >= 15 is 0 Å². The molecule has 0 saturated carbocycles. The van der Waals surface area contributed by atoms with E-state index in [4.69, 9.17) is 5.11 Å². The second-order valence-corrected chi connectivity index (χ2v) is 7.71. The third kappa shape index (κ3) is 13.0. The van der Waals surface area contributed by atoms with Crippen molar-refractivity contribution in [1.29, 1.82) is 0 Å². The van der Waals surface area contributed by atoms with Gasteiger partial charge in [0.25, 0.3) is 5.91 Å². The van der Waals surface area contributed by atoms with Gasteiger partial charge in [0.15, 0.2) is 0 Å². The normalized spacial score (nSPS) is 13.8. The van der Waals surface area contributed by atoms with Crippen LogP contribution in [0.4, 0.5) is 0 Å². The van der Waals surface area contributed by atoms with E-state index in [1.54, 1.807) is 27.8 Å². The van der Waals surface area contributed by atoms with Crippen LogP contribution in [-0.2, 0) is 29.2 Å². The Morgan fingerprint density at radius 3 is 1.61 bits per heavy atom. The highest BCUT2D eigenvalue weighted by Gasteiger charge is 2.23. The SMILES string of the molecule is CCC(NC(=O)C(CC)NC(C)=O)C(=O)O.CCC(NC)C(=O)NS(C)(=O)=O. The van der Waals surface area contributed by atoms with Gasteiger partial charge in [-0.05, 0) is 26.3 Å². The molecule has 0 aliphatic heterocycles. The highest BCUT2D eigenvalue weighted by molar-refractivity contribution is 7.89. The zero-order chi connectivity index (χ0) is 22.5. The molecule has 0 aromatic rings. The molecule has 0 aliphatic carbocycles. The van der Waals surface area contributed by atoms with Crippen molar-refractivity contribution >= 4 is 33.7 Å². The third-order valence-electron chi connectivity index (χ3n) is 3.48. The number of carboxylic acid groups (broad SMARTS) is 1. The minimum Gasteiger partial charge on any atom is -0.480 e. The van der Waals surface area contributed by atoms with Gasteiger partial charge >= 0.3 is 5.97 Å². The summed E-state index contributed by atoms with van der Waals surface area (Å²) in [4.78, 5) is 44.2. The van der Waals surface area contributed by atoms with Crippen LogP contribution in [-0.4, -0.2) is 68.6 Å². The van der Waals surface area contributed by atoms with Crippen molar-refractivity contribution in [2.75, 3.05) is 13.3 Å². The van der Waals surface area contributed by atoms with Gasteiger partial charge in [-0.15, -0.1) is 0 Å². The Bertz CT molecular complexity index is 633. The Balaban J connectivity index is 0. The molecule has 11 nitrogen and oxygen atoms in total. The standard InChI is InChI=1S/C10H18N2O4.C6H14N2O3S/c1-4-7(11-6(3)13)9(14)12-8(5-2)10(15)16;1-4-5(7-2)6(9)8-12(3,10)11/h7-8H,4-5H2,1-3H3,(H,11,13)(H,12,14)(H,15,16);5,7H,4H2,1-3H3,(H,8,9). The fourth-order valence-corrected chi connectivity index (χ4v) is 2.49. The highest BCUT2D eigenvalue weighted by Crippen LogP contribution is 1.96. The summed E-state index contributed by atoms with van der Waals surface area (Å²) in [7, 11) is -1.82. The van der Waals surface area contributed by atoms with Gasteiger partial charge in [-0.1, -0.05) is 20.8 Å². The molecule has 0 aromatic heterocycles. The molecule has 164 valence electrons. The summed E-state index contributed by atoms with van der Waals surface area (Å²) in [6.07, 6.45) is 2.23. The molecule has 3 amide bonds. The molecule has 0 aromatic carbocycles. The van der Waals surface area contributed by atoms with E-state index in [1.165, 1.54) is 6.92 Å². The molecule has 0 bridgehead atoms. The third-order valence-corrected chi connectivity index (χ3v) is 4.06. The van der Waals surface area contributed by atoms with Crippen molar-refractivity contribution in [3.63, 3.8) is 0 Å². The lowest BCUT2D eigenvalue weighted by atomic mass is 10.1. The Morgan fingerprint density at radius 1 is 0.857 bits per heavy atom. The molecule has 5 N–H and O–H groups in total. The van der Waals surface area contributed by atoms with Crippen molar-refractivity contribution in [2.45, 2.75) is 65.1 Å². The molecule has 0 radical (unpaired) electrons. The number of carbonyl (C=O) groups excluding carboxylic acids is 3. The molecule has 0 heterocycles. The van der Waals surface area contributed by atoms with Crippen LogP contribution < -0.4 is 20.7 Å². The summed E-state index contributed by atoms with van der Waals surface area (Å²) in [6.45, 7) is 6.51. The van der Waals surface area contributed by atoms with Gasteiger partial charge in [0.2, 0.25) is 21.8 Å². The monoisotopic (exact) mass is 424 g/mol. The summed E-state index contributed by atoms with van der Waals surface area (Å²) in [6, 6.07) is -2.03. The molecule has 0 aliphatic rings. The first-order valence-corrected chi connectivity index (χ1v) is 10.7. The summed E-state index contributed by atoms with van der Waals surface area (Å²) >= 11 is 0. The number of sulfonamides is 1. The molecule has 0 saturated heterocycles. The molecule has 0 fully saturated rings.